The van der Waals surface area contributed by atoms with Gasteiger partial charge in [0.05, 0.1) is 50.7 Å². The summed E-state index contributed by atoms with van der Waals surface area (Å²) in [6.45, 7) is 2.21. The number of hydrogen-bond donors (Lipinski definition) is 14. The Morgan fingerprint density at radius 3 is 1.44 bits per heavy atom. The molecule has 3 saturated heterocycles. The molecule has 0 bridgehead atoms. The second-order valence-corrected chi connectivity index (χ2v) is 25.0. The molecule has 14 N–H and O–H groups in total. The van der Waals surface area contributed by atoms with Crippen molar-refractivity contribution in [2.45, 2.75) is 362 Å². The molecule has 3 rings (SSSR count). The van der Waals surface area contributed by atoms with E-state index in [1.54, 1.807) is 0 Å². The van der Waals surface area contributed by atoms with E-state index >= 15 is 0 Å². The lowest BCUT2D eigenvalue weighted by atomic mass is 9.88. The van der Waals surface area contributed by atoms with E-state index < -0.39 is 148 Å². The Morgan fingerprint density at radius 1 is 0.552 bits per heavy atom. The third-order valence-electron chi connectivity index (χ3n) is 17.6. The van der Waals surface area contributed by atoms with E-state index in [0.717, 1.165) is 51.9 Å². The fourth-order valence-electron chi connectivity index (χ4n) is 12.1. The minimum Gasteiger partial charge on any atom is -0.477 e. The van der Waals surface area contributed by atoms with Gasteiger partial charge in [-0.25, -0.2) is 4.79 Å². The zero-order valence-electron chi connectivity index (χ0n) is 53.1. The summed E-state index contributed by atoms with van der Waals surface area (Å²) in [4.78, 5) is 38.5. The summed E-state index contributed by atoms with van der Waals surface area (Å²) in [5, 5.41) is 136. The molecule has 18 atom stereocenters. The van der Waals surface area contributed by atoms with Crippen molar-refractivity contribution in [1.29, 1.82) is 0 Å². The van der Waals surface area contributed by atoms with Crippen molar-refractivity contribution in [2.24, 2.45) is 0 Å². The highest BCUT2D eigenvalue weighted by molar-refractivity contribution is 5.77. The van der Waals surface area contributed by atoms with Gasteiger partial charge in [0.25, 0.3) is 5.79 Å². The fraction of sp³-hybridized carbons (Fsp3) is 0.953. The maximum absolute atomic E-state index is 13.4. The summed E-state index contributed by atoms with van der Waals surface area (Å²) < 4.78 is 34.8. The highest BCUT2D eigenvalue weighted by atomic mass is 16.8. The number of carbonyl (C=O) groups excluding carboxylic acids is 2. The van der Waals surface area contributed by atoms with E-state index in [4.69, 9.17) is 28.4 Å². The van der Waals surface area contributed by atoms with Crippen molar-refractivity contribution in [3.05, 3.63) is 0 Å². The molecule has 3 aliphatic rings. The van der Waals surface area contributed by atoms with E-state index in [1.807, 2.05) is 0 Å². The molecule has 2 amide bonds. The lowest BCUT2D eigenvalue weighted by Crippen LogP contribution is -2.70. The Labute approximate surface area is 519 Å². The number of carboxylic acids is 1. The Morgan fingerprint density at radius 2 is 1.00 bits per heavy atom. The molecule has 0 spiro atoms. The highest BCUT2D eigenvalue weighted by Crippen LogP contribution is 2.39. The van der Waals surface area contributed by atoms with Gasteiger partial charge in [0.15, 0.2) is 12.6 Å². The number of aliphatic hydroxyl groups is 11. The first kappa shape index (κ1) is 79.0. The summed E-state index contributed by atoms with van der Waals surface area (Å²) >= 11 is 0. The van der Waals surface area contributed by atoms with Crippen LogP contribution in [0, 0.1) is 0 Å². The molecule has 0 aromatic carbocycles. The lowest BCUT2D eigenvalue weighted by molar-refractivity contribution is -0.386. The molecule has 3 aliphatic heterocycles. The maximum Gasteiger partial charge on any atom is 0.364 e. The van der Waals surface area contributed by atoms with Gasteiger partial charge in [-0.2, -0.15) is 0 Å². The second-order valence-electron chi connectivity index (χ2n) is 25.0. The predicted octanol–water partition coefficient (Wildman–Crippen LogP) is 5.34. The number of rotatable bonds is 51. The van der Waals surface area contributed by atoms with Crippen LogP contribution in [0.2, 0.25) is 0 Å². The van der Waals surface area contributed by atoms with Crippen LogP contribution < -0.4 is 10.6 Å². The van der Waals surface area contributed by atoms with E-state index in [-0.39, 0.29) is 18.9 Å². The first-order valence-corrected chi connectivity index (χ1v) is 33.9. The van der Waals surface area contributed by atoms with Gasteiger partial charge >= 0.3 is 5.97 Å². The van der Waals surface area contributed by atoms with E-state index in [0.29, 0.717) is 19.3 Å². The number of carbonyl (C=O) groups is 3. The summed E-state index contributed by atoms with van der Waals surface area (Å²) in [5.74, 6) is -6.09. The second kappa shape index (κ2) is 45.9. The van der Waals surface area contributed by atoms with Crippen LogP contribution in [0.15, 0.2) is 0 Å². The summed E-state index contributed by atoms with van der Waals surface area (Å²) in [7, 11) is 0. The standard InChI is InChI=1S/C64H120N2O21/c1-4-6-8-10-12-14-16-18-19-20-21-22-23-24-26-28-30-32-34-36-38-51(74)66-45(46(71)37-35-33-31-29-27-25-17-15-13-11-9-7-5-2)43-82-61-56(78)55(77)58(50(42-69)84-61)85-62-57(79)60(54(76)49(41-68)83-62)87-64(63(80)81)39-47(72)52(65-44(3)70)59(86-64)53(75)48(73)40-67/h45-50,52-62,67-69,71-73,75-79H,4-43H2,1-3H3,(H,65,70)(H,66,74)(H,80,81). The van der Waals surface area contributed by atoms with Crippen LogP contribution in [0.3, 0.4) is 0 Å². The summed E-state index contributed by atoms with van der Waals surface area (Å²) in [6.07, 6.45) is 11.1. The minimum absolute atomic E-state index is 0.229. The van der Waals surface area contributed by atoms with Crippen LogP contribution in [0.5, 0.6) is 0 Å². The average Bonchev–Trinajstić information content (AvgIpc) is 1.16. The van der Waals surface area contributed by atoms with E-state index in [2.05, 4.69) is 24.5 Å². The molecule has 3 fully saturated rings. The number of aliphatic carboxylic acids is 1. The number of nitrogens with one attached hydrogen (secondary N) is 2. The van der Waals surface area contributed by atoms with Gasteiger partial charge in [-0.15, -0.1) is 0 Å². The van der Waals surface area contributed by atoms with Gasteiger partial charge in [-0.1, -0.05) is 219 Å². The van der Waals surface area contributed by atoms with Crippen LogP contribution in [-0.4, -0.2) is 215 Å². The number of carboxylic acid groups (broad SMARTS) is 1. The normalized spacial score (nSPS) is 29.1. The first-order chi connectivity index (χ1) is 41.9. The van der Waals surface area contributed by atoms with Gasteiger partial charge in [0, 0.05) is 19.8 Å². The third-order valence-corrected chi connectivity index (χ3v) is 17.6. The van der Waals surface area contributed by atoms with Crippen molar-refractivity contribution >= 4 is 17.8 Å². The molecule has 0 aromatic rings. The van der Waals surface area contributed by atoms with Gasteiger partial charge in [0.2, 0.25) is 11.8 Å². The molecule has 512 valence electrons. The van der Waals surface area contributed by atoms with Crippen LogP contribution in [-0.2, 0) is 42.8 Å². The molecule has 3 heterocycles. The average molecular weight is 1250 g/mol. The van der Waals surface area contributed by atoms with E-state index in [9.17, 15) is 75.7 Å². The van der Waals surface area contributed by atoms with Crippen LogP contribution in [0.4, 0.5) is 0 Å². The molecule has 23 heteroatoms. The zero-order valence-corrected chi connectivity index (χ0v) is 53.1. The van der Waals surface area contributed by atoms with Gasteiger partial charge in [0.1, 0.15) is 67.1 Å². The Hall–Kier alpha value is -2.27. The van der Waals surface area contributed by atoms with Gasteiger partial charge in [-0.05, 0) is 12.8 Å². The number of hydrogen-bond acceptors (Lipinski definition) is 20. The lowest BCUT2D eigenvalue weighted by Gasteiger charge is -2.50. The smallest absolute Gasteiger partial charge is 0.364 e. The van der Waals surface area contributed by atoms with Crippen molar-refractivity contribution in [2.75, 3.05) is 26.4 Å². The Bertz CT molecular complexity index is 1780. The topological polar surface area (TPSA) is 373 Å². The van der Waals surface area contributed by atoms with Gasteiger partial charge in [-0.3, -0.25) is 9.59 Å². The zero-order chi connectivity index (χ0) is 64.0. The van der Waals surface area contributed by atoms with Crippen molar-refractivity contribution in [3.8, 4) is 0 Å². The molecule has 0 saturated carbocycles. The SMILES string of the molecule is CCCCCCCCCCCCCCCCCCCCCCC(=O)NC(COC1OC(CO)C(OC2OC(CO)C(O)C(OC3(C(=O)O)CC(O)C(NC(C)=O)C(C(O)C(O)CO)O3)C2O)C(O)C1O)C(O)CCCCCCCCCCCCCCC. The van der Waals surface area contributed by atoms with Crippen LogP contribution >= 0.6 is 0 Å². The number of amides is 2. The number of ether oxygens (including phenoxy) is 6. The Kier molecular flexibility index (Phi) is 41.7. The van der Waals surface area contributed by atoms with Crippen molar-refractivity contribution in [1.82, 2.24) is 10.6 Å². The predicted molar refractivity (Wildman–Crippen MR) is 325 cm³/mol. The van der Waals surface area contributed by atoms with Crippen LogP contribution in [0.1, 0.15) is 252 Å². The molecular weight excluding hydrogens is 1130 g/mol. The quantitative estimate of drug-likeness (QED) is 0.0342. The number of aliphatic hydroxyl groups excluding tert-OH is 11. The van der Waals surface area contributed by atoms with E-state index in [1.165, 1.54) is 154 Å². The molecule has 87 heavy (non-hydrogen) atoms. The molecule has 0 radical (unpaired) electrons. The molecule has 23 nitrogen and oxygen atoms in total. The molecular formula is C64H120N2O21. The Balaban J connectivity index is 1.59. The first-order valence-electron chi connectivity index (χ1n) is 33.9. The summed E-state index contributed by atoms with van der Waals surface area (Å²) in [6, 6.07) is -2.52. The largest absolute Gasteiger partial charge is 0.477 e. The minimum atomic E-state index is -3.08. The van der Waals surface area contributed by atoms with Crippen LogP contribution in [0.25, 0.3) is 0 Å². The van der Waals surface area contributed by atoms with Gasteiger partial charge < -0.3 is 100 Å². The third kappa shape index (κ3) is 29.1. The number of unbranched alkanes of at least 4 members (excludes halogenated alkanes) is 31. The van der Waals surface area contributed by atoms with Crippen molar-refractivity contribution < 1.29 is 104 Å². The molecule has 18 unspecified atom stereocenters. The molecule has 0 aliphatic carbocycles. The highest BCUT2D eigenvalue weighted by Gasteiger charge is 2.60. The summed E-state index contributed by atoms with van der Waals surface area (Å²) in [5.41, 5.74) is 0. The maximum atomic E-state index is 13.4. The van der Waals surface area contributed by atoms with Crippen molar-refractivity contribution in [3.63, 3.8) is 0 Å². The molecule has 0 aromatic heterocycles. The fourth-order valence-corrected chi connectivity index (χ4v) is 12.1. The monoisotopic (exact) mass is 1250 g/mol.